The van der Waals surface area contributed by atoms with Crippen LogP contribution in [0.15, 0.2) is 71.8 Å². The highest BCUT2D eigenvalue weighted by atomic mass is 16.2. The molecule has 0 spiro atoms. The molecule has 4 nitrogen and oxygen atoms in total. The normalized spacial score (nSPS) is 14.1. The van der Waals surface area contributed by atoms with Gasteiger partial charge in [-0.15, -0.1) is 0 Å². The number of carbonyl (C=O) groups excluding carboxylic acids is 1. The Morgan fingerprint density at radius 1 is 0.963 bits per heavy atom. The Labute approximate surface area is 159 Å². The quantitative estimate of drug-likeness (QED) is 0.551. The molecule has 0 unspecified atom stereocenters. The first kappa shape index (κ1) is 17.3. The summed E-state index contributed by atoms with van der Waals surface area (Å²) in [4.78, 5) is 14.6. The van der Waals surface area contributed by atoms with Gasteiger partial charge in [0.1, 0.15) is 0 Å². The first-order chi connectivity index (χ1) is 13.3. The maximum Gasteiger partial charge on any atom is 0.244 e. The van der Waals surface area contributed by atoms with Crippen LogP contribution >= 0.6 is 0 Å². The Kier molecular flexibility index (Phi) is 5.15. The highest BCUT2D eigenvalue weighted by molar-refractivity contribution is 5.90. The number of amides is 1. The monoisotopic (exact) mass is 357 g/mol. The van der Waals surface area contributed by atoms with Crippen LogP contribution in [0.4, 0.5) is 5.69 Å². The van der Waals surface area contributed by atoms with Crippen molar-refractivity contribution < 1.29 is 4.79 Å². The van der Waals surface area contributed by atoms with Crippen molar-refractivity contribution in [3.63, 3.8) is 0 Å². The van der Waals surface area contributed by atoms with Gasteiger partial charge in [0, 0.05) is 18.8 Å². The van der Waals surface area contributed by atoms with Crippen LogP contribution in [-0.4, -0.2) is 25.2 Å². The standard InChI is InChI=1S/C23H23N3O/c27-23(16-20-8-5-7-19-6-1-2-9-22(19)20)25-24-17-18-10-12-21(13-11-18)26-14-3-4-15-26/h1-2,5-13,17H,3-4,14-16H2,(H,25,27)/b24-17-. The number of benzene rings is 3. The van der Waals surface area contributed by atoms with E-state index < -0.39 is 0 Å². The molecule has 1 aliphatic rings. The fraction of sp³-hybridized carbons (Fsp3) is 0.217. The highest BCUT2D eigenvalue weighted by Gasteiger charge is 2.11. The van der Waals surface area contributed by atoms with Gasteiger partial charge < -0.3 is 4.90 Å². The Hall–Kier alpha value is -3.14. The van der Waals surface area contributed by atoms with Gasteiger partial charge in [-0.25, -0.2) is 5.43 Å². The van der Waals surface area contributed by atoms with Gasteiger partial charge in [0.15, 0.2) is 0 Å². The largest absolute Gasteiger partial charge is 0.372 e. The van der Waals surface area contributed by atoms with Crippen molar-refractivity contribution in [2.24, 2.45) is 5.10 Å². The van der Waals surface area contributed by atoms with E-state index in [-0.39, 0.29) is 5.91 Å². The maximum absolute atomic E-state index is 12.2. The Morgan fingerprint density at radius 2 is 1.70 bits per heavy atom. The molecule has 1 amide bonds. The van der Waals surface area contributed by atoms with Crippen LogP contribution in [0.5, 0.6) is 0 Å². The zero-order valence-electron chi connectivity index (χ0n) is 15.3. The number of hydrazone groups is 1. The molecule has 0 atom stereocenters. The van der Waals surface area contributed by atoms with Crippen LogP contribution in [0.25, 0.3) is 10.8 Å². The number of anilines is 1. The summed E-state index contributed by atoms with van der Waals surface area (Å²) in [5.41, 5.74) is 5.87. The molecule has 4 rings (SSSR count). The van der Waals surface area contributed by atoms with Crippen LogP contribution < -0.4 is 10.3 Å². The molecule has 0 bridgehead atoms. The lowest BCUT2D eigenvalue weighted by molar-refractivity contribution is -0.120. The van der Waals surface area contributed by atoms with Crippen molar-refractivity contribution in [3.8, 4) is 0 Å². The van der Waals surface area contributed by atoms with Crippen molar-refractivity contribution in [2.45, 2.75) is 19.3 Å². The summed E-state index contributed by atoms with van der Waals surface area (Å²) in [5, 5.41) is 6.36. The van der Waals surface area contributed by atoms with E-state index >= 15 is 0 Å². The minimum Gasteiger partial charge on any atom is -0.372 e. The molecular weight excluding hydrogens is 334 g/mol. The van der Waals surface area contributed by atoms with Crippen LogP contribution in [0.1, 0.15) is 24.0 Å². The van der Waals surface area contributed by atoms with Gasteiger partial charge in [0.05, 0.1) is 12.6 Å². The van der Waals surface area contributed by atoms with Crippen molar-refractivity contribution in [2.75, 3.05) is 18.0 Å². The minimum absolute atomic E-state index is 0.115. The Bertz CT molecular complexity index is 952. The third-order valence-corrected chi connectivity index (χ3v) is 5.00. The van der Waals surface area contributed by atoms with Gasteiger partial charge in [-0.2, -0.15) is 5.10 Å². The van der Waals surface area contributed by atoms with E-state index in [9.17, 15) is 4.79 Å². The maximum atomic E-state index is 12.2. The molecule has 0 aromatic heterocycles. The predicted octanol–water partition coefficient (Wildman–Crippen LogP) is 4.13. The Balaban J connectivity index is 1.36. The summed E-state index contributed by atoms with van der Waals surface area (Å²) in [7, 11) is 0. The number of hydrogen-bond acceptors (Lipinski definition) is 3. The minimum atomic E-state index is -0.115. The molecule has 136 valence electrons. The summed E-state index contributed by atoms with van der Waals surface area (Å²) >= 11 is 0. The second-order valence-corrected chi connectivity index (χ2v) is 6.89. The molecule has 1 aliphatic heterocycles. The molecule has 1 saturated heterocycles. The summed E-state index contributed by atoms with van der Waals surface area (Å²) in [6, 6.07) is 22.4. The average Bonchev–Trinajstić information content (AvgIpc) is 3.24. The number of hydrogen-bond donors (Lipinski definition) is 1. The molecule has 0 aliphatic carbocycles. The fourth-order valence-corrected chi connectivity index (χ4v) is 3.58. The lowest BCUT2D eigenvalue weighted by Gasteiger charge is -2.17. The molecule has 1 N–H and O–H groups in total. The van der Waals surface area contributed by atoms with Crippen molar-refractivity contribution in [1.82, 2.24) is 5.43 Å². The molecule has 1 heterocycles. The fourth-order valence-electron chi connectivity index (χ4n) is 3.58. The predicted molar refractivity (Wildman–Crippen MR) is 111 cm³/mol. The van der Waals surface area contributed by atoms with E-state index in [1.165, 1.54) is 18.5 Å². The van der Waals surface area contributed by atoms with Crippen LogP contribution in [0.3, 0.4) is 0 Å². The number of nitrogens with zero attached hydrogens (tertiary/aromatic N) is 2. The van der Waals surface area contributed by atoms with Gasteiger partial charge >= 0.3 is 0 Å². The van der Waals surface area contributed by atoms with E-state index in [1.54, 1.807) is 6.21 Å². The summed E-state index contributed by atoms with van der Waals surface area (Å²) in [6.07, 6.45) is 4.54. The number of rotatable bonds is 5. The van der Waals surface area contributed by atoms with Crippen molar-refractivity contribution in [1.29, 1.82) is 0 Å². The molecular formula is C23H23N3O. The molecule has 4 heteroatoms. The van der Waals surface area contributed by atoms with E-state index in [2.05, 4.69) is 39.7 Å². The molecule has 3 aromatic carbocycles. The van der Waals surface area contributed by atoms with E-state index in [0.29, 0.717) is 6.42 Å². The zero-order chi connectivity index (χ0) is 18.5. The summed E-state index contributed by atoms with van der Waals surface area (Å²) in [5.74, 6) is -0.115. The third-order valence-electron chi connectivity index (χ3n) is 5.00. The molecule has 27 heavy (non-hydrogen) atoms. The number of fused-ring (bicyclic) bond motifs is 1. The van der Waals surface area contributed by atoms with Gasteiger partial charge in [0.25, 0.3) is 0 Å². The Morgan fingerprint density at radius 3 is 2.52 bits per heavy atom. The lowest BCUT2D eigenvalue weighted by atomic mass is 10.0. The van der Waals surface area contributed by atoms with E-state index in [1.807, 2.05) is 42.5 Å². The van der Waals surface area contributed by atoms with Gasteiger partial charge in [0.2, 0.25) is 5.91 Å². The second kappa shape index (κ2) is 8.04. The van der Waals surface area contributed by atoms with Crippen molar-refractivity contribution >= 4 is 28.6 Å². The first-order valence-electron chi connectivity index (χ1n) is 9.43. The topological polar surface area (TPSA) is 44.7 Å². The van der Waals surface area contributed by atoms with Gasteiger partial charge in [-0.05, 0) is 46.9 Å². The average molecular weight is 357 g/mol. The van der Waals surface area contributed by atoms with Gasteiger partial charge in [-0.3, -0.25) is 4.79 Å². The van der Waals surface area contributed by atoms with E-state index in [4.69, 9.17) is 0 Å². The number of carbonyl (C=O) groups is 1. The lowest BCUT2D eigenvalue weighted by Crippen LogP contribution is -2.20. The SMILES string of the molecule is O=C(Cc1cccc2ccccc12)N/N=C\c1ccc(N2CCCC2)cc1. The number of nitrogens with one attached hydrogen (secondary N) is 1. The molecule has 1 fully saturated rings. The van der Waals surface area contributed by atoms with Crippen LogP contribution in [0, 0.1) is 0 Å². The van der Waals surface area contributed by atoms with Crippen LogP contribution in [0.2, 0.25) is 0 Å². The van der Waals surface area contributed by atoms with Gasteiger partial charge in [-0.1, -0.05) is 54.6 Å². The smallest absolute Gasteiger partial charge is 0.244 e. The van der Waals surface area contributed by atoms with Crippen LogP contribution in [-0.2, 0) is 11.2 Å². The van der Waals surface area contributed by atoms with E-state index in [0.717, 1.165) is 35.0 Å². The summed E-state index contributed by atoms with van der Waals surface area (Å²) in [6.45, 7) is 2.27. The second-order valence-electron chi connectivity index (χ2n) is 6.89. The zero-order valence-corrected chi connectivity index (χ0v) is 15.3. The first-order valence-corrected chi connectivity index (χ1v) is 9.43. The third kappa shape index (κ3) is 4.17. The molecule has 0 radical (unpaired) electrons. The molecule has 3 aromatic rings. The molecule has 0 saturated carbocycles. The summed E-state index contributed by atoms with van der Waals surface area (Å²) < 4.78 is 0. The highest BCUT2D eigenvalue weighted by Crippen LogP contribution is 2.20. The van der Waals surface area contributed by atoms with Crippen molar-refractivity contribution in [3.05, 3.63) is 77.9 Å².